The molecule has 0 saturated carbocycles. The zero-order valence-corrected chi connectivity index (χ0v) is 13.7. The number of hydrogen-bond acceptors (Lipinski definition) is 4. The van der Waals surface area contributed by atoms with Crippen LogP contribution in [-0.2, 0) is 12.8 Å². The normalized spacial score (nSPS) is 17.7. The first kappa shape index (κ1) is 14.7. The number of aromatic nitrogens is 2. The fourth-order valence-electron chi connectivity index (χ4n) is 2.95. The Morgan fingerprint density at radius 2 is 2.29 bits per heavy atom. The third-order valence-electron chi connectivity index (χ3n) is 4.07. The number of pyridine rings is 1. The molecular weight excluding hydrogens is 278 g/mol. The maximum atomic E-state index is 4.90. The summed E-state index contributed by atoms with van der Waals surface area (Å²) in [6.45, 7) is 5.48. The monoisotopic (exact) mass is 301 g/mol. The zero-order chi connectivity index (χ0) is 14.7. The SMILES string of the molecule is CCCNC1CCCc2nc(-c3ncccc3CC)sc21. The molecule has 3 nitrogen and oxygen atoms in total. The van der Waals surface area contributed by atoms with Crippen LogP contribution in [0.3, 0.4) is 0 Å². The predicted octanol–water partition coefficient (Wildman–Crippen LogP) is 4.14. The number of rotatable bonds is 5. The minimum Gasteiger partial charge on any atom is -0.309 e. The molecule has 0 amide bonds. The van der Waals surface area contributed by atoms with Crippen molar-refractivity contribution in [1.29, 1.82) is 0 Å². The molecule has 0 radical (unpaired) electrons. The van der Waals surface area contributed by atoms with E-state index in [-0.39, 0.29) is 0 Å². The molecule has 3 rings (SSSR count). The Balaban J connectivity index is 1.94. The van der Waals surface area contributed by atoms with Crippen molar-refractivity contribution in [2.24, 2.45) is 0 Å². The fraction of sp³-hybridized carbons (Fsp3) is 0.529. The van der Waals surface area contributed by atoms with Crippen molar-refractivity contribution in [2.75, 3.05) is 6.54 Å². The van der Waals surface area contributed by atoms with Gasteiger partial charge in [0.2, 0.25) is 0 Å². The Bertz CT molecular complexity index is 606. The van der Waals surface area contributed by atoms with Gasteiger partial charge in [-0.2, -0.15) is 0 Å². The first-order chi connectivity index (χ1) is 10.3. The highest BCUT2D eigenvalue weighted by molar-refractivity contribution is 7.15. The Morgan fingerprint density at radius 1 is 1.38 bits per heavy atom. The Labute approximate surface area is 130 Å². The van der Waals surface area contributed by atoms with Crippen LogP contribution in [0.1, 0.15) is 55.3 Å². The van der Waals surface area contributed by atoms with Crippen LogP contribution in [0.15, 0.2) is 18.3 Å². The largest absolute Gasteiger partial charge is 0.309 e. The van der Waals surface area contributed by atoms with E-state index in [2.05, 4.69) is 30.2 Å². The first-order valence-corrected chi connectivity index (χ1v) is 8.82. The summed E-state index contributed by atoms with van der Waals surface area (Å²) in [6.07, 6.45) is 7.65. The summed E-state index contributed by atoms with van der Waals surface area (Å²) in [5.74, 6) is 0. The Kier molecular flexibility index (Phi) is 4.66. The highest BCUT2D eigenvalue weighted by Gasteiger charge is 2.25. The lowest BCUT2D eigenvalue weighted by molar-refractivity contribution is 0.465. The average Bonchev–Trinajstić information content (AvgIpc) is 2.97. The van der Waals surface area contributed by atoms with E-state index in [0.717, 1.165) is 30.1 Å². The third-order valence-corrected chi connectivity index (χ3v) is 5.28. The van der Waals surface area contributed by atoms with E-state index in [4.69, 9.17) is 4.98 Å². The van der Waals surface area contributed by atoms with Crippen LogP contribution in [-0.4, -0.2) is 16.5 Å². The molecule has 0 aliphatic heterocycles. The molecule has 0 spiro atoms. The minimum absolute atomic E-state index is 0.494. The number of hydrogen-bond donors (Lipinski definition) is 1. The molecular formula is C17H23N3S. The molecule has 112 valence electrons. The van der Waals surface area contributed by atoms with E-state index in [0.29, 0.717) is 6.04 Å². The van der Waals surface area contributed by atoms with Gasteiger partial charge in [0, 0.05) is 17.1 Å². The van der Waals surface area contributed by atoms with Gasteiger partial charge in [-0.05, 0) is 50.3 Å². The summed E-state index contributed by atoms with van der Waals surface area (Å²) >= 11 is 1.84. The van der Waals surface area contributed by atoms with Crippen LogP contribution >= 0.6 is 11.3 Å². The summed E-state index contributed by atoms with van der Waals surface area (Å²) in [7, 11) is 0. The second-order valence-corrected chi connectivity index (χ2v) is 6.62. The van der Waals surface area contributed by atoms with Gasteiger partial charge in [0.15, 0.2) is 0 Å². The quantitative estimate of drug-likeness (QED) is 0.901. The lowest BCUT2D eigenvalue weighted by Gasteiger charge is -2.22. The van der Waals surface area contributed by atoms with E-state index in [9.17, 15) is 0 Å². The van der Waals surface area contributed by atoms with Gasteiger partial charge in [-0.3, -0.25) is 4.98 Å². The van der Waals surface area contributed by atoms with Gasteiger partial charge >= 0.3 is 0 Å². The molecule has 2 aromatic rings. The molecule has 21 heavy (non-hydrogen) atoms. The molecule has 2 aromatic heterocycles. The van der Waals surface area contributed by atoms with Gasteiger partial charge in [-0.1, -0.05) is 19.9 Å². The van der Waals surface area contributed by atoms with Crippen LogP contribution in [0.2, 0.25) is 0 Å². The van der Waals surface area contributed by atoms with E-state index >= 15 is 0 Å². The Morgan fingerprint density at radius 3 is 3.10 bits per heavy atom. The highest BCUT2D eigenvalue weighted by atomic mass is 32.1. The first-order valence-electron chi connectivity index (χ1n) is 8.00. The molecule has 0 bridgehead atoms. The van der Waals surface area contributed by atoms with Crippen LogP contribution in [0.4, 0.5) is 0 Å². The van der Waals surface area contributed by atoms with Gasteiger partial charge in [0.05, 0.1) is 5.69 Å². The standard InChI is InChI=1S/C17H23N3S/c1-3-10-18-13-8-5-9-14-16(13)21-17(20-14)15-12(4-2)7-6-11-19-15/h6-7,11,13,18H,3-5,8-10H2,1-2H3. The molecule has 1 N–H and O–H groups in total. The van der Waals surface area contributed by atoms with Gasteiger partial charge < -0.3 is 5.32 Å². The smallest absolute Gasteiger partial charge is 0.142 e. The topological polar surface area (TPSA) is 37.8 Å². The van der Waals surface area contributed by atoms with Crippen LogP contribution in [0.25, 0.3) is 10.7 Å². The number of nitrogens with zero attached hydrogens (tertiary/aromatic N) is 2. The average molecular weight is 301 g/mol. The van der Waals surface area contributed by atoms with E-state index in [1.165, 1.54) is 35.4 Å². The third kappa shape index (κ3) is 3.01. The van der Waals surface area contributed by atoms with Crippen molar-refractivity contribution >= 4 is 11.3 Å². The van der Waals surface area contributed by atoms with Crippen molar-refractivity contribution in [3.63, 3.8) is 0 Å². The van der Waals surface area contributed by atoms with Crippen LogP contribution in [0.5, 0.6) is 0 Å². The van der Waals surface area contributed by atoms with E-state index in [1.54, 1.807) is 0 Å². The number of aryl methyl sites for hydroxylation is 2. The minimum atomic E-state index is 0.494. The molecule has 1 aliphatic rings. The van der Waals surface area contributed by atoms with Gasteiger partial charge in [-0.25, -0.2) is 4.98 Å². The molecule has 0 aromatic carbocycles. The van der Waals surface area contributed by atoms with Crippen molar-refractivity contribution in [1.82, 2.24) is 15.3 Å². The van der Waals surface area contributed by atoms with E-state index < -0.39 is 0 Å². The summed E-state index contributed by atoms with van der Waals surface area (Å²) in [4.78, 5) is 10.9. The molecule has 0 fully saturated rings. The van der Waals surface area contributed by atoms with E-state index in [1.807, 2.05) is 23.6 Å². The molecule has 0 saturated heterocycles. The lowest BCUT2D eigenvalue weighted by Crippen LogP contribution is -2.24. The van der Waals surface area contributed by atoms with Crippen molar-refractivity contribution in [2.45, 2.75) is 52.0 Å². The molecule has 1 atom stereocenters. The number of fused-ring (bicyclic) bond motifs is 1. The van der Waals surface area contributed by atoms with Crippen LogP contribution in [0, 0.1) is 0 Å². The highest BCUT2D eigenvalue weighted by Crippen LogP contribution is 2.38. The lowest BCUT2D eigenvalue weighted by atomic mass is 9.98. The number of thiazole rings is 1. The van der Waals surface area contributed by atoms with Crippen molar-refractivity contribution in [3.8, 4) is 10.7 Å². The molecule has 1 aliphatic carbocycles. The van der Waals surface area contributed by atoms with Crippen molar-refractivity contribution in [3.05, 3.63) is 34.5 Å². The zero-order valence-electron chi connectivity index (χ0n) is 12.9. The maximum Gasteiger partial charge on any atom is 0.142 e. The maximum absolute atomic E-state index is 4.90. The summed E-state index contributed by atoms with van der Waals surface area (Å²) in [5.41, 5.74) is 3.66. The van der Waals surface area contributed by atoms with Crippen LogP contribution < -0.4 is 5.32 Å². The Hall–Kier alpha value is -1.26. The van der Waals surface area contributed by atoms with Gasteiger partial charge in [-0.15, -0.1) is 11.3 Å². The molecule has 4 heteroatoms. The molecule has 1 unspecified atom stereocenters. The second-order valence-electron chi connectivity index (χ2n) is 5.59. The van der Waals surface area contributed by atoms with Gasteiger partial charge in [0.25, 0.3) is 0 Å². The fourth-order valence-corrected chi connectivity index (χ4v) is 4.20. The van der Waals surface area contributed by atoms with Gasteiger partial charge in [0.1, 0.15) is 10.7 Å². The predicted molar refractivity (Wildman–Crippen MR) is 88.7 cm³/mol. The summed E-state index contributed by atoms with van der Waals surface area (Å²) in [5, 5.41) is 4.77. The second kappa shape index (κ2) is 6.67. The van der Waals surface area contributed by atoms with Crippen molar-refractivity contribution < 1.29 is 0 Å². The summed E-state index contributed by atoms with van der Waals surface area (Å²) in [6, 6.07) is 4.67. The number of nitrogens with one attached hydrogen (secondary N) is 1. The summed E-state index contributed by atoms with van der Waals surface area (Å²) < 4.78 is 0. The molecule has 2 heterocycles.